The Hall–Kier alpha value is -2.60. The first kappa shape index (κ1) is 17.2. The van der Waals surface area contributed by atoms with Gasteiger partial charge in [0.15, 0.2) is 0 Å². The van der Waals surface area contributed by atoms with Crippen LogP contribution in [0.25, 0.3) is 0 Å². The van der Waals surface area contributed by atoms with Gasteiger partial charge in [-0.05, 0) is 26.3 Å². The van der Waals surface area contributed by atoms with Crippen LogP contribution in [0, 0.1) is 20.8 Å². The van der Waals surface area contributed by atoms with E-state index in [1.807, 2.05) is 48.3 Å². The van der Waals surface area contributed by atoms with Gasteiger partial charge in [-0.25, -0.2) is 4.68 Å². The second-order valence-corrected chi connectivity index (χ2v) is 6.26. The van der Waals surface area contributed by atoms with E-state index >= 15 is 0 Å². The molecule has 0 aliphatic carbocycles. The summed E-state index contributed by atoms with van der Waals surface area (Å²) in [4.78, 5) is 0. The van der Waals surface area contributed by atoms with Crippen molar-refractivity contribution in [3.05, 3.63) is 64.6 Å². The van der Waals surface area contributed by atoms with Gasteiger partial charge in [0.2, 0.25) is 0 Å². The Bertz CT molecular complexity index is 835. The number of benzene rings is 1. The molecule has 0 spiro atoms. The molecule has 6 heteroatoms. The molecule has 0 amide bonds. The number of rotatable bonds is 7. The maximum atomic E-state index is 9.14. The van der Waals surface area contributed by atoms with E-state index in [1.54, 1.807) is 0 Å². The Morgan fingerprint density at radius 2 is 1.80 bits per heavy atom. The molecule has 0 aliphatic heterocycles. The van der Waals surface area contributed by atoms with Crippen LogP contribution in [0.5, 0.6) is 0 Å². The minimum absolute atomic E-state index is 0.0951. The first-order valence-electron chi connectivity index (χ1n) is 8.54. The third-order valence-corrected chi connectivity index (χ3v) is 4.37. The standard InChI is InChI=1S/C19H25N5O/c1-14-11-19(24(21-14)13-17-7-5-4-6-8-17)20-12-18-15(2)22-23(9-10-25)16(18)3/h4-8,11,20,25H,9-10,12-13H2,1-3H3. The van der Waals surface area contributed by atoms with Gasteiger partial charge < -0.3 is 10.4 Å². The number of aliphatic hydroxyl groups excluding tert-OH is 1. The van der Waals surface area contributed by atoms with Crippen LogP contribution in [0.4, 0.5) is 5.82 Å². The highest BCUT2D eigenvalue weighted by atomic mass is 16.3. The van der Waals surface area contributed by atoms with E-state index in [2.05, 4.69) is 33.7 Å². The molecule has 2 N–H and O–H groups in total. The molecule has 0 saturated carbocycles. The molecule has 3 rings (SSSR count). The van der Waals surface area contributed by atoms with Crippen LogP contribution < -0.4 is 5.32 Å². The van der Waals surface area contributed by atoms with E-state index in [-0.39, 0.29) is 6.61 Å². The van der Waals surface area contributed by atoms with Gasteiger partial charge in [-0.3, -0.25) is 4.68 Å². The zero-order valence-electron chi connectivity index (χ0n) is 15.0. The molecule has 6 nitrogen and oxygen atoms in total. The van der Waals surface area contributed by atoms with E-state index in [0.717, 1.165) is 29.4 Å². The van der Waals surface area contributed by atoms with E-state index in [9.17, 15) is 0 Å². The smallest absolute Gasteiger partial charge is 0.125 e. The number of aryl methyl sites for hydroxylation is 2. The highest BCUT2D eigenvalue weighted by Gasteiger charge is 2.12. The number of aromatic nitrogens is 4. The fraction of sp³-hybridized carbons (Fsp3) is 0.368. The molecule has 3 aromatic rings. The Morgan fingerprint density at radius 3 is 2.52 bits per heavy atom. The summed E-state index contributed by atoms with van der Waals surface area (Å²) >= 11 is 0. The molecule has 0 fully saturated rings. The third-order valence-electron chi connectivity index (χ3n) is 4.37. The van der Waals surface area contributed by atoms with Crippen molar-refractivity contribution in [2.24, 2.45) is 0 Å². The van der Waals surface area contributed by atoms with Crippen molar-refractivity contribution in [3.8, 4) is 0 Å². The molecule has 2 aromatic heterocycles. The van der Waals surface area contributed by atoms with Crippen LogP contribution in [0.2, 0.25) is 0 Å². The topological polar surface area (TPSA) is 67.9 Å². The number of hydrogen-bond donors (Lipinski definition) is 2. The van der Waals surface area contributed by atoms with Gasteiger partial charge in [-0.15, -0.1) is 0 Å². The fourth-order valence-corrected chi connectivity index (χ4v) is 3.05. The lowest BCUT2D eigenvalue weighted by Crippen LogP contribution is -2.10. The Labute approximate surface area is 148 Å². The molecule has 0 bridgehead atoms. The summed E-state index contributed by atoms with van der Waals surface area (Å²) in [6.45, 7) is 8.09. The second kappa shape index (κ2) is 7.53. The quantitative estimate of drug-likeness (QED) is 0.694. The first-order chi connectivity index (χ1) is 12.1. The molecule has 0 atom stereocenters. The van der Waals surface area contributed by atoms with Crippen molar-refractivity contribution in [2.45, 2.75) is 40.4 Å². The van der Waals surface area contributed by atoms with E-state index < -0.39 is 0 Å². The number of nitrogens with one attached hydrogen (secondary N) is 1. The zero-order chi connectivity index (χ0) is 17.8. The first-order valence-corrected chi connectivity index (χ1v) is 8.54. The maximum Gasteiger partial charge on any atom is 0.125 e. The van der Waals surface area contributed by atoms with Crippen molar-refractivity contribution in [2.75, 3.05) is 11.9 Å². The van der Waals surface area contributed by atoms with Gasteiger partial charge in [0.1, 0.15) is 5.82 Å². The van der Waals surface area contributed by atoms with Gasteiger partial charge in [-0.1, -0.05) is 30.3 Å². The van der Waals surface area contributed by atoms with Gasteiger partial charge >= 0.3 is 0 Å². The number of aliphatic hydroxyl groups is 1. The zero-order valence-corrected chi connectivity index (χ0v) is 15.0. The Kier molecular flexibility index (Phi) is 5.19. The molecule has 0 aliphatic rings. The molecule has 0 radical (unpaired) electrons. The third kappa shape index (κ3) is 3.91. The molecule has 0 unspecified atom stereocenters. The number of anilines is 1. The highest BCUT2D eigenvalue weighted by molar-refractivity contribution is 5.40. The van der Waals surface area contributed by atoms with Crippen molar-refractivity contribution in [1.82, 2.24) is 19.6 Å². The molecular weight excluding hydrogens is 314 g/mol. The predicted molar refractivity (Wildman–Crippen MR) is 98.6 cm³/mol. The lowest BCUT2D eigenvalue weighted by Gasteiger charge is -2.10. The maximum absolute atomic E-state index is 9.14. The van der Waals surface area contributed by atoms with Gasteiger partial charge in [0, 0.05) is 23.9 Å². The number of nitrogens with zero attached hydrogens (tertiary/aromatic N) is 4. The van der Waals surface area contributed by atoms with Gasteiger partial charge in [-0.2, -0.15) is 10.2 Å². The SMILES string of the molecule is Cc1cc(NCc2c(C)nn(CCO)c2C)n(Cc2ccccc2)n1. The molecule has 132 valence electrons. The van der Waals surface area contributed by atoms with Crippen molar-refractivity contribution in [3.63, 3.8) is 0 Å². The van der Waals surface area contributed by atoms with Crippen molar-refractivity contribution < 1.29 is 5.11 Å². The van der Waals surface area contributed by atoms with E-state index in [1.165, 1.54) is 11.1 Å². The summed E-state index contributed by atoms with van der Waals surface area (Å²) in [6, 6.07) is 12.4. The van der Waals surface area contributed by atoms with Crippen LogP contribution in [-0.2, 0) is 19.6 Å². The average molecular weight is 339 g/mol. The van der Waals surface area contributed by atoms with Gasteiger partial charge in [0.25, 0.3) is 0 Å². The minimum atomic E-state index is 0.0951. The summed E-state index contributed by atoms with van der Waals surface area (Å²) in [6.07, 6.45) is 0. The monoisotopic (exact) mass is 339 g/mol. The van der Waals surface area contributed by atoms with Crippen LogP contribution in [0.15, 0.2) is 36.4 Å². The molecule has 2 heterocycles. The minimum Gasteiger partial charge on any atom is -0.394 e. The Morgan fingerprint density at radius 1 is 1.04 bits per heavy atom. The normalized spacial score (nSPS) is 11.0. The fourth-order valence-electron chi connectivity index (χ4n) is 3.05. The molecular formula is C19H25N5O. The summed E-state index contributed by atoms with van der Waals surface area (Å²) in [5, 5.41) is 21.7. The summed E-state index contributed by atoms with van der Waals surface area (Å²) in [5.74, 6) is 0.995. The largest absolute Gasteiger partial charge is 0.394 e. The van der Waals surface area contributed by atoms with E-state index in [4.69, 9.17) is 5.11 Å². The summed E-state index contributed by atoms with van der Waals surface area (Å²) < 4.78 is 3.85. The summed E-state index contributed by atoms with van der Waals surface area (Å²) in [7, 11) is 0. The average Bonchev–Trinajstić information content (AvgIpc) is 3.07. The van der Waals surface area contributed by atoms with Crippen molar-refractivity contribution in [1.29, 1.82) is 0 Å². The van der Waals surface area contributed by atoms with Crippen molar-refractivity contribution >= 4 is 5.82 Å². The van der Waals surface area contributed by atoms with Crippen LogP contribution in [0.1, 0.15) is 28.2 Å². The van der Waals surface area contributed by atoms with Crippen LogP contribution >= 0.6 is 0 Å². The lowest BCUT2D eigenvalue weighted by atomic mass is 10.2. The highest BCUT2D eigenvalue weighted by Crippen LogP contribution is 2.18. The Balaban J connectivity index is 1.76. The predicted octanol–water partition coefficient (Wildman–Crippen LogP) is 2.66. The molecule has 25 heavy (non-hydrogen) atoms. The second-order valence-electron chi connectivity index (χ2n) is 6.26. The van der Waals surface area contributed by atoms with E-state index in [0.29, 0.717) is 13.1 Å². The van der Waals surface area contributed by atoms with Crippen LogP contribution in [0.3, 0.4) is 0 Å². The lowest BCUT2D eigenvalue weighted by molar-refractivity contribution is 0.268. The van der Waals surface area contributed by atoms with Crippen LogP contribution in [-0.4, -0.2) is 31.3 Å². The summed E-state index contributed by atoms with van der Waals surface area (Å²) in [5.41, 5.74) is 5.45. The molecule has 0 saturated heterocycles. The number of hydrogen-bond acceptors (Lipinski definition) is 4. The van der Waals surface area contributed by atoms with Gasteiger partial charge in [0.05, 0.1) is 31.1 Å². The molecule has 1 aromatic carbocycles.